The van der Waals surface area contributed by atoms with Gasteiger partial charge >= 0.3 is 6.01 Å². The zero-order chi connectivity index (χ0) is 12.2. The molecule has 0 saturated carbocycles. The molecule has 2 aliphatic heterocycles. The van der Waals surface area contributed by atoms with E-state index >= 15 is 0 Å². The van der Waals surface area contributed by atoms with Crippen LogP contribution in [0.2, 0.25) is 0 Å². The van der Waals surface area contributed by atoms with E-state index in [1.165, 1.54) is 0 Å². The fraction of sp³-hybridized carbons (Fsp3) is 0.600. The van der Waals surface area contributed by atoms with Crippen LogP contribution in [0.15, 0.2) is 11.0 Å². The predicted octanol–water partition coefficient (Wildman–Crippen LogP) is -1.44. The Labute approximate surface area is 96.2 Å². The first-order chi connectivity index (χ1) is 8.11. The Kier molecular flexibility index (Phi) is 2.22. The average Bonchev–Trinajstić information content (AvgIpc) is 2.78. The second kappa shape index (κ2) is 3.52. The summed E-state index contributed by atoms with van der Waals surface area (Å²) in [6, 6.07) is 0.144. The van der Waals surface area contributed by atoms with Gasteiger partial charge in [-0.3, -0.25) is 9.36 Å². The molecular weight excluding hydrogens is 228 g/mol. The smallest absolute Gasteiger partial charge is 0.302 e. The summed E-state index contributed by atoms with van der Waals surface area (Å²) in [6.45, 7) is 1.37. The van der Waals surface area contributed by atoms with Crippen LogP contribution < -0.4 is 10.3 Å². The number of aliphatic hydroxyl groups excluding tert-OH is 2. The van der Waals surface area contributed by atoms with Crippen LogP contribution in [0.4, 0.5) is 0 Å². The van der Waals surface area contributed by atoms with E-state index in [1.807, 2.05) is 0 Å². The topological polar surface area (TPSA) is 93.8 Å². The summed E-state index contributed by atoms with van der Waals surface area (Å²) in [6.07, 6.45) is -1.17. The molecule has 0 radical (unpaired) electrons. The Hall–Kier alpha value is -1.44. The van der Waals surface area contributed by atoms with Crippen LogP contribution in [0.25, 0.3) is 0 Å². The lowest BCUT2D eigenvalue weighted by Gasteiger charge is -2.14. The van der Waals surface area contributed by atoms with E-state index in [2.05, 4.69) is 4.98 Å². The molecular formula is C10H12N2O5. The molecule has 7 nitrogen and oxygen atoms in total. The number of nitrogens with zero attached hydrogens (tertiary/aromatic N) is 2. The number of hydrogen-bond donors (Lipinski definition) is 2. The van der Waals surface area contributed by atoms with Crippen molar-refractivity contribution in [3.63, 3.8) is 0 Å². The third-order valence-electron chi connectivity index (χ3n) is 3.10. The maximum Gasteiger partial charge on any atom is 0.302 e. The maximum absolute atomic E-state index is 11.4. The second-order valence-electron chi connectivity index (χ2n) is 4.24. The molecule has 92 valence electrons. The van der Waals surface area contributed by atoms with Gasteiger partial charge in [-0.1, -0.05) is 0 Å². The van der Waals surface area contributed by atoms with E-state index < -0.39 is 24.5 Å². The van der Waals surface area contributed by atoms with Gasteiger partial charge in [0.05, 0.1) is 6.61 Å². The summed E-state index contributed by atoms with van der Waals surface area (Å²) in [5.74, 6) is 0. The van der Waals surface area contributed by atoms with Crippen LogP contribution in [0, 0.1) is 6.92 Å². The van der Waals surface area contributed by atoms with Crippen molar-refractivity contribution in [2.45, 2.75) is 31.5 Å². The van der Waals surface area contributed by atoms with Crippen LogP contribution in [-0.4, -0.2) is 44.7 Å². The van der Waals surface area contributed by atoms with Gasteiger partial charge in [0.25, 0.3) is 5.56 Å². The second-order valence-corrected chi connectivity index (χ2v) is 4.24. The Morgan fingerprint density at radius 2 is 2.35 bits per heavy atom. The highest BCUT2D eigenvalue weighted by Crippen LogP contribution is 2.38. The van der Waals surface area contributed by atoms with Crippen molar-refractivity contribution in [2.24, 2.45) is 0 Å². The van der Waals surface area contributed by atoms with E-state index in [-0.39, 0.29) is 18.2 Å². The number of ether oxygens (including phenoxy) is 2. The lowest BCUT2D eigenvalue weighted by atomic mass is 10.1. The quantitative estimate of drug-likeness (QED) is 0.624. The lowest BCUT2D eigenvalue weighted by Crippen LogP contribution is -2.34. The number of hydrogen-bond acceptors (Lipinski definition) is 6. The molecule has 0 aromatic carbocycles. The molecule has 1 unspecified atom stereocenters. The molecule has 0 bridgehead atoms. The SMILES string of the molecule is Cc1cn2c(nc1=O)O[C@@H]1C(O)[C@@H](CO)O[C@H]12. The molecule has 1 fully saturated rings. The fourth-order valence-corrected chi connectivity index (χ4v) is 2.16. The van der Waals surface area contributed by atoms with Crippen molar-refractivity contribution in [3.8, 4) is 6.01 Å². The first-order valence-electron chi connectivity index (χ1n) is 5.32. The zero-order valence-electron chi connectivity index (χ0n) is 9.11. The number of fused-ring (bicyclic) bond motifs is 3. The maximum atomic E-state index is 11.4. The largest absolute Gasteiger partial charge is 0.453 e. The van der Waals surface area contributed by atoms with Gasteiger partial charge in [-0.2, -0.15) is 4.98 Å². The Balaban J connectivity index is 2.02. The molecule has 1 aromatic rings. The summed E-state index contributed by atoms with van der Waals surface area (Å²) >= 11 is 0. The number of aromatic nitrogens is 2. The average molecular weight is 240 g/mol. The van der Waals surface area contributed by atoms with Gasteiger partial charge in [-0.05, 0) is 6.92 Å². The van der Waals surface area contributed by atoms with Gasteiger partial charge in [-0.15, -0.1) is 0 Å². The summed E-state index contributed by atoms with van der Waals surface area (Å²) < 4.78 is 12.4. The molecule has 3 rings (SSSR count). The van der Waals surface area contributed by atoms with Gasteiger partial charge < -0.3 is 19.7 Å². The van der Waals surface area contributed by atoms with Crippen molar-refractivity contribution in [1.29, 1.82) is 0 Å². The molecule has 1 saturated heterocycles. The van der Waals surface area contributed by atoms with Crippen molar-refractivity contribution >= 4 is 0 Å². The van der Waals surface area contributed by atoms with E-state index in [0.717, 1.165) is 0 Å². The third kappa shape index (κ3) is 1.40. The first kappa shape index (κ1) is 10.7. The summed E-state index contributed by atoms with van der Waals surface area (Å²) in [5.41, 5.74) is 0.118. The molecule has 1 aromatic heterocycles. The molecule has 0 amide bonds. The number of aliphatic hydroxyl groups is 2. The number of aryl methyl sites for hydroxylation is 1. The third-order valence-corrected chi connectivity index (χ3v) is 3.10. The van der Waals surface area contributed by atoms with Gasteiger partial charge in [0.2, 0.25) is 0 Å². The summed E-state index contributed by atoms with van der Waals surface area (Å²) in [4.78, 5) is 15.1. The predicted molar refractivity (Wildman–Crippen MR) is 54.7 cm³/mol. The van der Waals surface area contributed by atoms with E-state index in [4.69, 9.17) is 14.6 Å². The van der Waals surface area contributed by atoms with Gasteiger partial charge in [0, 0.05) is 11.8 Å². The fourth-order valence-electron chi connectivity index (χ4n) is 2.16. The van der Waals surface area contributed by atoms with Gasteiger partial charge in [0.1, 0.15) is 12.2 Å². The molecule has 2 aliphatic rings. The van der Waals surface area contributed by atoms with Crippen molar-refractivity contribution in [2.75, 3.05) is 6.61 Å². The highest BCUT2D eigenvalue weighted by molar-refractivity contribution is 5.15. The van der Waals surface area contributed by atoms with Crippen molar-refractivity contribution in [1.82, 2.24) is 9.55 Å². The minimum Gasteiger partial charge on any atom is -0.453 e. The van der Waals surface area contributed by atoms with Crippen molar-refractivity contribution in [3.05, 3.63) is 22.1 Å². The van der Waals surface area contributed by atoms with Crippen LogP contribution in [0.5, 0.6) is 6.01 Å². The monoisotopic (exact) mass is 240 g/mol. The lowest BCUT2D eigenvalue weighted by molar-refractivity contribution is -0.0435. The van der Waals surface area contributed by atoms with Crippen LogP contribution in [-0.2, 0) is 4.74 Å². The molecule has 0 spiro atoms. The van der Waals surface area contributed by atoms with Crippen LogP contribution >= 0.6 is 0 Å². The molecule has 2 N–H and O–H groups in total. The van der Waals surface area contributed by atoms with E-state index in [1.54, 1.807) is 17.7 Å². The summed E-state index contributed by atoms with van der Waals surface area (Å²) in [7, 11) is 0. The minimum absolute atomic E-state index is 0.144. The van der Waals surface area contributed by atoms with Crippen molar-refractivity contribution < 1.29 is 19.7 Å². The Morgan fingerprint density at radius 1 is 1.59 bits per heavy atom. The highest BCUT2D eigenvalue weighted by atomic mass is 16.6. The number of rotatable bonds is 1. The molecule has 17 heavy (non-hydrogen) atoms. The van der Waals surface area contributed by atoms with Gasteiger partial charge in [-0.25, -0.2) is 0 Å². The van der Waals surface area contributed by atoms with Gasteiger partial charge in [0.15, 0.2) is 12.3 Å². The Bertz CT molecular complexity index is 514. The molecule has 0 aliphatic carbocycles. The normalized spacial score (nSPS) is 34.3. The van der Waals surface area contributed by atoms with Crippen LogP contribution in [0.3, 0.4) is 0 Å². The van der Waals surface area contributed by atoms with Crippen LogP contribution in [0.1, 0.15) is 11.8 Å². The first-order valence-corrected chi connectivity index (χ1v) is 5.32. The molecule has 3 heterocycles. The summed E-state index contributed by atoms with van der Waals surface area (Å²) in [5, 5.41) is 18.9. The highest BCUT2D eigenvalue weighted by Gasteiger charge is 2.50. The zero-order valence-corrected chi connectivity index (χ0v) is 9.11. The standard InChI is InChI=1S/C10H12N2O5/c1-4-2-12-9-7(6(14)5(3-13)16-9)17-10(12)11-8(4)15/h2,5-7,9,13-14H,3H2,1H3/t5-,6?,7-,9-/m1/s1. The van der Waals surface area contributed by atoms with E-state index in [9.17, 15) is 9.90 Å². The minimum atomic E-state index is -0.929. The Morgan fingerprint density at radius 3 is 3.06 bits per heavy atom. The molecule has 4 atom stereocenters. The van der Waals surface area contributed by atoms with E-state index in [0.29, 0.717) is 5.56 Å². The molecule has 7 heteroatoms.